The number of Topliss-reactive ketones (excluding diaryl/α,β-unsaturated/α-hetero) is 1. The minimum atomic E-state index is -0.196. The third kappa shape index (κ3) is 4.29. The number of aromatic nitrogens is 1. The van der Waals surface area contributed by atoms with Crippen LogP contribution in [0, 0.1) is 0 Å². The summed E-state index contributed by atoms with van der Waals surface area (Å²) < 4.78 is 0. The molecule has 0 saturated heterocycles. The number of carbonyl (C=O) groups is 1. The van der Waals surface area contributed by atoms with Crippen LogP contribution in [0.5, 0.6) is 11.5 Å². The normalized spacial score (nSPS) is 10.8. The molecule has 2 aromatic rings. The first kappa shape index (κ1) is 15.0. The van der Waals surface area contributed by atoms with E-state index in [1.807, 2.05) is 30.1 Å². The minimum Gasteiger partial charge on any atom is -0.508 e. The first-order valence-corrected chi connectivity index (χ1v) is 6.70. The van der Waals surface area contributed by atoms with Gasteiger partial charge in [-0.3, -0.25) is 14.7 Å². The average molecular weight is 286 g/mol. The lowest BCUT2D eigenvalue weighted by Crippen LogP contribution is -2.28. The Labute approximate surface area is 123 Å². The van der Waals surface area contributed by atoms with Crippen LogP contribution in [0.4, 0.5) is 0 Å². The first-order valence-electron chi connectivity index (χ1n) is 6.70. The number of phenols is 2. The highest BCUT2D eigenvalue weighted by Crippen LogP contribution is 2.22. The van der Waals surface area contributed by atoms with E-state index in [1.165, 1.54) is 18.2 Å². The Morgan fingerprint density at radius 3 is 2.71 bits per heavy atom. The fourth-order valence-corrected chi connectivity index (χ4v) is 2.02. The molecule has 0 amide bonds. The van der Waals surface area contributed by atoms with Gasteiger partial charge >= 0.3 is 0 Å². The average Bonchev–Trinajstić information content (AvgIpc) is 2.46. The largest absolute Gasteiger partial charge is 0.508 e. The van der Waals surface area contributed by atoms with Gasteiger partial charge in [0, 0.05) is 30.9 Å². The van der Waals surface area contributed by atoms with Crippen molar-refractivity contribution in [1.82, 2.24) is 9.88 Å². The molecule has 0 fully saturated rings. The van der Waals surface area contributed by atoms with Crippen molar-refractivity contribution in [2.24, 2.45) is 0 Å². The quantitative estimate of drug-likeness (QED) is 0.793. The maximum atomic E-state index is 12.1. The number of benzene rings is 1. The smallest absolute Gasteiger partial charge is 0.180 e. The Hall–Kier alpha value is -2.40. The molecule has 21 heavy (non-hydrogen) atoms. The SMILES string of the molecule is CN(CCc1ccccn1)CC(=O)c1ccc(O)cc1O. The number of rotatable bonds is 6. The number of aromatic hydroxyl groups is 2. The van der Waals surface area contributed by atoms with Crippen LogP contribution in [-0.4, -0.2) is 46.0 Å². The summed E-state index contributed by atoms with van der Waals surface area (Å²) in [5.74, 6) is -0.443. The number of phenolic OH excluding ortho intramolecular Hbond substituents is 2. The van der Waals surface area contributed by atoms with Crippen LogP contribution in [0.25, 0.3) is 0 Å². The highest BCUT2D eigenvalue weighted by molar-refractivity contribution is 6.00. The molecule has 0 aliphatic heterocycles. The van der Waals surface area contributed by atoms with Crippen LogP contribution in [0.3, 0.4) is 0 Å². The van der Waals surface area contributed by atoms with Crippen LogP contribution in [0.15, 0.2) is 42.6 Å². The summed E-state index contributed by atoms with van der Waals surface area (Å²) in [7, 11) is 1.85. The number of nitrogens with zero attached hydrogens (tertiary/aromatic N) is 2. The van der Waals surface area contributed by atoms with Gasteiger partial charge in [0.1, 0.15) is 11.5 Å². The number of ketones is 1. The maximum absolute atomic E-state index is 12.1. The fourth-order valence-electron chi connectivity index (χ4n) is 2.02. The molecule has 0 bridgehead atoms. The molecule has 1 heterocycles. The van der Waals surface area contributed by atoms with Crippen molar-refractivity contribution in [2.45, 2.75) is 6.42 Å². The van der Waals surface area contributed by atoms with Gasteiger partial charge in [0.05, 0.1) is 12.1 Å². The van der Waals surface area contributed by atoms with E-state index in [0.29, 0.717) is 6.54 Å². The summed E-state index contributed by atoms with van der Waals surface area (Å²) in [6.45, 7) is 0.896. The summed E-state index contributed by atoms with van der Waals surface area (Å²) in [6.07, 6.45) is 2.50. The second-order valence-electron chi connectivity index (χ2n) is 4.93. The third-order valence-electron chi connectivity index (χ3n) is 3.17. The Bertz CT molecular complexity index is 614. The van der Waals surface area contributed by atoms with Crippen molar-refractivity contribution in [3.63, 3.8) is 0 Å². The molecule has 0 saturated carbocycles. The third-order valence-corrected chi connectivity index (χ3v) is 3.17. The van der Waals surface area contributed by atoms with Crippen LogP contribution < -0.4 is 0 Å². The van der Waals surface area contributed by atoms with Gasteiger partial charge in [0.25, 0.3) is 0 Å². The van der Waals surface area contributed by atoms with Crippen molar-refractivity contribution in [1.29, 1.82) is 0 Å². The second-order valence-corrected chi connectivity index (χ2v) is 4.93. The molecular formula is C16H18N2O3. The molecular weight excluding hydrogens is 268 g/mol. The van der Waals surface area contributed by atoms with Gasteiger partial charge in [-0.1, -0.05) is 6.07 Å². The molecule has 0 atom stereocenters. The van der Waals surface area contributed by atoms with E-state index >= 15 is 0 Å². The lowest BCUT2D eigenvalue weighted by Gasteiger charge is -2.15. The molecule has 0 aliphatic rings. The molecule has 5 heteroatoms. The van der Waals surface area contributed by atoms with Gasteiger partial charge in [-0.2, -0.15) is 0 Å². The van der Waals surface area contributed by atoms with Gasteiger partial charge in [0.2, 0.25) is 0 Å². The maximum Gasteiger partial charge on any atom is 0.180 e. The van der Waals surface area contributed by atoms with Crippen molar-refractivity contribution < 1.29 is 15.0 Å². The zero-order chi connectivity index (χ0) is 15.2. The summed E-state index contributed by atoms with van der Waals surface area (Å²) in [4.78, 5) is 18.2. The Kier molecular flexibility index (Phi) is 4.90. The van der Waals surface area contributed by atoms with Gasteiger partial charge in [-0.25, -0.2) is 0 Å². The lowest BCUT2D eigenvalue weighted by atomic mass is 10.1. The van der Waals surface area contributed by atoms with E-state index in [4.69, 9.17) is 0 Å². The van der Waals surface area contributed by atoms with Crippen molar-refractivity contribution >= 4 is 5.78 Å². The molecule has 0 unspecified atom stereocenters. The van der Waals surface area contributed by atoms with Gasteiger partial charge in [-0.05, 0) is 31.3 Å². The molecule has 0 radical (unpaired) electrons. The van der Waals surface area contributed by atoms with Crippen molar-refractivity contribution in [3.05, 3.63) is 53.9 Å². The number of carbonyl (C=O) groups excluding carboxylic acids is 1. The van der Waals surface area contributed by atoms with Gasteiger partial charge in [-0.15, -0.1) is 0 Å². The van der Waals surface area contributed by atoms with Gasteiger partial charge < -0.3 is 10.2 Å². The molecule has 5 nitrogen and oxygen atoms in total. The monoisotopic (exact) mass is 286 g/mol. The molecule has 1 aromatic carbocycles. The molecule has 0 spiro atoms. The second kappa shape index (κ2) is 6.85. The molecule has 1 aromatic heterocycles. The Morgan fingerprint density at radius 1 is 1.24 bits per heavy atom. The van der Waals surface area contributed by atoms with E-state index in [0.717, 1.165) is 12.1 Å². The topological polar surface area (TPSA) is 73.7 Å². The van der Waals surface area contributed by atoms with E-state index in [9.17, 15) is 15.0 Å². The summed E-state index contributed by atoms with van der Waals surface area (Å²) >= 11 is 0. The fraction of sp³-hybridized carbons (Fsp3) is 0.250. The van der Waals surface area contributed by atoms with E-state index in [2.05, 4.69) is 4.98 Å². The van der Waals surface area contributed by atoms with E-state index < -0.39 is 0 Å². The van der Waals surface area contributed by atoms with Crippen LogP contribution in [0.2, 0.25) is 0 Å². The number of likely N-dealkylation sites (N-methyl/N-ethyl adjacent to an activating group) is 1. The van der Waals surface area contributed by atoms with E-state index in [1.54, 1.807) is 6.20 Å². The summed E-state index contributed by atoms with van der Waals surface area (Å²) in [5, 5.41) is 18.9. The Morgan fingerprint density at radius 2 is 2.05 bits per heavy atom. The number of hydrogen-bond acceptors (Lipinski definition) is 5. The first-order chi connectivity index (χ1) is 10.1. The van der Waals surface area contributed by atoms with Crippen LogP contribution in [0.1, 0.15) is 16.1 Å². The number of pyridine rings is 1. The Balaban J connectivity index is 1.90. The molecule has 0 aliphatic carbocycles. The molecule has 2 rings (SSSR count). The minimum absolute atomic E-state index is 0.0624. The van der Waals surface area contributed by atoms with Crippen LogP contribution in [-0.2, 0) is 6.42 Å². The highest BCUT2D eigenvalue weighted by Gasteiger charge is 2.14. The predicted molar refractivity (Wildman–Crippen MR) is 79.5 cm³/mol. The van der Waals surface area contributed by atoms with Crippen molar-refractivity contribution in [3.8, 4) is 11.5 Å². The number of hydrogen-bond donors (Lipinski definition) is 2. The summed E-state index contributed by atoms with van der Waals surface area (Å²) in [5.41, 5.74) is 1.20. The van der Waals surface area contributed by atoms with Crippen molar-refractivity contribution in [2.75, 3.05) is 20.1 Å². The standard InChI is InChI=1S/C16H18N2O3/c1-18(9-7-12-4-2-3-8-17-12)11-16(21)14-6-5-13(19)10-15(14)20/h2-6,8,10,19-20H,7,9,11H2,1H3. The zero-order valence-corrected chi connectivity index (χ0v) is 11.9. The predicted octanol–water partition coefficient (Wildman–Crippen LogP) is 1.85. The molecule has 2 N–H and O–H groups in total. The summed E-state index contributed by atoms with van der Waals surface area (Å²) in [6, 6.07) is 9.73. The van der Waals surface area contributed by atoms with E-state index in [-0.39, 0.29) is 29.4 Å². The van der Waals surface area contributed by atoms with Crippen LogP contribution >= 0.6 is 0 Å². The molecule has 110 valence electrons. The lowest BCUT2D eigenvalue weighted by molar-refractivity contribution is 0.0944. The van der Waals surface area contributed by atoms with Gasteiger partial charge in [0.15, 0.2) is 5.78 Å². The highest BCUT2D eigenvalue weighted by atomic mass is 16.3. The zero-order valence-electron chi connectivity index (χ0n) is 11.9.